The molecule has 0 spiro atoms. The van der Waals surface area contributed by atoms with Crippen LogP contribution in [-0.2, 0) is 0 Å². The molecule has 4 rings (SSSR count). The molecule has 1 aliphatic rings. The van der Waals surface area contributed by atoms with Gasteiger partial charge in [-0.25, -0.2) is 0 Å². The van der Waals surface area contributed by atoms with E-state index in [9.17, 15) is 9.90 Å². The fourth-order valence-corrected chi connectivity index (χ4v) is 4.38. The summed E-state index contributed by atoms with van der Waals surface area (Å²) in [5, 5.41) is 18.1. The van der Waals surface area contributed by atoms with E-state index in [1.165, 1.54) is 5.56 Å². The van der Waals surface area contributed by atoms with E-state index in [1.54, 1.807) is 17.0 Å². The Balaban J connectivity index is 1.91. The molecular weight excluding hydrogens is 374 g/mol. The van der Waals surface area contributed by atoms with E-state index in [2.05, 4.69) is 54.9 Å². The van der Waals surface area contributed by atoms with Gasteiger partial charge in [-0.1, -0.05) is 50.3 Å². The number of phenolic OH excluding ortho intramolecular Hbond substituents is 1. The molecule has 1 aromatic heterocycles. The Morgan fingerprint density at radius 3 is 2.53 bits per heavy atom. The van der Waals surface area contributed by atoms with E-state index in [0.717, 1.165) is 22.3 Å². The molecule has 1 amide bonds. The number of rotatable bonds is 5. The summed E-state index contributed by atoms with van der Waals surface area (Å²) in [4.78, 5) is 15.0. The predicted octanol–water partition coefficient (Wildman–Crippen LogP) is 5.25. The minimum absolute atomic E-state index is 0.106. The number of aromatic nitrogens is 2. The van der Waals surface area contributed by atoms with Crippen molar-refractivity contribution in [3.63, 3.8) is 0 Å². The van der Waals surface area contributed by atoms with Gasteiger partial charge in [-0.3, -0.25) is 9.89 Å². The summed E-state index contributed by atoms with van der Waals surface area (Å²) in [6.07, 6.45) is 1.74. The second-order valence-corrected chi connectivity index (χ2v) is 8.31. The Bertz CT molecular complexity index is 1100. The van der Waals surface area contributed by atoms with Crippen LogP contribution in [0.15, 0.2) is 49.1 Å². The lowest BCUT2D eigenvalue weighted by atomic mass is 9.92. The summed E-state index contributed by atoms with van der Waals surface area (Å²) < 4.78 is 0. The van der Waals surface area contributed by atoms with Crippen molar-refractivity contribution in [1.29, 1.82) is 0 Å². The topological polar surface area (TPSA) is 69.2 Å². The van der Waals surface area contributed by atoms with Crippen LogP contribution < -0.4 is 0 Å². The second-order valence-electron chi connectivity index (χ2n) is 8.31. The summed E-state index contributed by atoms with van der Waals surface area (Å²) >= 11 is 0. The molecule has 2 N–H and O–H groups in total. The maximum absolute atomic E-state index is 13.2. The number of amides is 1. The molecular formula is C25H27N3O2. The number of aromatic hydroxyl groups is 1. The molecule has 2 aromatic carbocycles. The number of benzene rings is 2. The molecule has 0 saturated carbocycles. The van der Waals surface area contributed by atoms with Gasteiger partial charge in [-0.15, -0.1) is 6.58 Å². The van der Waals surface area contributed by atoms with E-state index < -0.39 is 0 Å². The highest BCUT2D eigenvalue weighted by Gasteiger charge is 2.42. The normalized spacial score (nSPS) is 15.7. The number of aromatic amines is 1. The summed E-state index contributed by atoms with van der Waals surface area (Å²) in [6, 6.07) is 11.8. The third-order valence-corrected chi connectivity index (χ3v) is 5.80. The molecule has 5 nitrogen and oxygen atoms in total. The van der Waals surface area contributed by atoms with Crippen molar-refractivity contribution in [3.8, 4) is 17.0 Å². The van der Waals surface area contributed by atoms with Crippen molar-refractivity contribution < 1.29 is 9.90 Å². The van der Waals surface area contributed by atoms with Crippen LogP contribution >= 0.6 is 0 Å². The lowest BCUT2D eigenvalue weighted by Crippen LogP contribution is -2.29. The van der Waals surface area contributed by atoms with E-state index >= 15 is 0 Å². The molecule has 1 unspecified atom stereocenters. The van der Waals surface area contributed by atoms with Crippen molar-refractivity contribution >= 4 is 5.91 Å². The summed E-state index contributed by atoms with van der Waals surface area (Å²) in [7, 11) is 0. The van der Waals surface area contributed by atoms with Gasteiger partial charge in [0.2, 0.25) is 0 Å². The summed E-state index contributed by atoms with van der Waals surface area (Å²) in [6.45, 7) is 12.5. The van der Waals surface area contributed by atoms with Crippen LogP contribution in [0.2, 0.25) is 0 Å². The predicted molar refractivity (Wildman–Crippen MR) is 119 cm³/mol. The average Bonchev–Trinajstić information content (AvgIpc) is 3.21. The van der Waals surface area contributed by atoms with E-state index in [-0.39, 0.29) is 17.7 Å². The van der Waals surface area contributed by atoms with Gasteiger partial charge in [0.25, 0.3) is 5.91 Å². The Morgan fingerprint density at radius 2 is 1.93 bits per heavy atom. The fourth-order valence-electron chi connectivity index (χ4n) is 4.38. The Labute approximate surface area is 177 Å². The number of H-pyrrole nitrogens is 1. The SMILES string of the molecule is C=CCN1C(=O)c2[nH]nc(-c3c(C)cc(C)cc3O)c2C1c1ccc(C(C)C)cc1. The van der Waals surface area contributed by atoms with Crippen LogP contribution in [-0.4, -0.2) is 32.7 Å². The first-order chi connectivity index (χ1) is 14.3. The van der Waals surface area contributed by atoms with Crippen LogP contribution in [0.1, 0.15) is 64.1 Å². The van der Waals surface area contributed by atoms with Gasteiger partial charge in [0.15, 0.2) is 0 Å². The average molecular weight is 402 g/mol. The van der Waals surface area contributed by atoms with Crippen molar-refractivity contribution in [2.24, 2.45) is 0 Å². The maximum atomic E-state index is 13.2. The number of nitrogens with zero attached hydrogens (tertiary/aromatic N) is 2. The van der Waals surface area contributed by atoms with Gasteiger partial charge < -0.3 is 10.0 Å². The van der Waals surface area contributed by atoms with E-state index in [0.29, 0.717) is 29.4 Å². The van der Waals surface area contributed by atoms with Crippen molar-refractivity contribution in [3.05, 3.63) is 82.6 Å². The number of carbonyl (C=O) groups excluding carboxylic acids is 1. The van der Waals surface area contributed by atoms with Crippen LogP contribution in [0.3, 0.4) is 0 Å². The zero-order chi connectivity index (χ0) is 21.6. The first-order valence-corrected chi connectivity index (χ1v) is 10.2. The number of fused-ring (bicyclic) bond motifs is 1. The Hall–Kier alpha value is -3.34. The summed E-state index contributed by atoms with van der Waals surface area (Å²) in [5.41, 5.74) is 6.73. The molecule has 154 valence electrons. The van der Waals surface area contributed by atoms with Crippen LogP contribution in [0.4, 0.5) is 0 Å². The number of hydrogen-bond acceptors (Lipinski definition) is 3. The van der Waals surface area contributed by atoms with Gasteiger partial charge in [-0.2, -0.15) is 5.10 Å². The number of aryl methyl sites for hydroxylation is 2. The molecule has 1 aliphatic heterocycles. The van der Waals surface area contributed by atoms with Crippen molar-refractivity contribution in [1.82, 2.24) is 15.1 Å². The largest absolute Gasteiger partial charge is 0.507 e. The van der Waals surface area contributed by atoms with E-state index in [1.807, 2.05) is 19.9 Å². The minimum atomic E-state index is -0.291. The zero-order valence-electron chi connectivity index (χ0n) is 17.9. The Kier molecular flexibility index (Phi) is 4.98. The molecule has 0 fully saturated rings. The highest BCUT2D eigenvalue weighted by Crippen LogP contribution is 2.45. The number of phenols is 1. The van der Waals surface area contributed by atoms with Gasteiger partial charge >= 0.3 is 0 Å². The molecule has 0 aliphatic carbocycles. The van der Waals surface area contributed by atoms with Gasteiger partial charge in [0, 0.05) is 17.7 Å². The van der Waals surface area contributed by atoms with Crippen LogP contribution in [0.5, 0.6) is 5.75 Å². The lowest BCUT2D eigenvalue weighted by molar-refractivity contribution is 0.0764. The molecule has 0 bridgehead atoms. The first-order valence-electron chi connectivity index (χ1n) is 10.2. The van der Waals surface area contributed by atoms with Crippen molar-refractivity contribution in [2.45, 2.75) is 39.7 Å². The molecule has 3 aromatic rings. The Morgan fingerprint density at radius 1 is 1.23 bits per heavy atom. The molecule has 5 heteroatoms. The first kappa shape index (κ1) is 20.0. The molecule has 1 atom stereocenters. The van der Waals surface area contributed by atoms with Gasteiger partial charge in [0.05, 0.1) is 6.04 Å². The fraction of sp³-hybridized carbons (Fsp3) is 0.280. The minimum Gasteiger partial charge on any atom is -0.507 e. The van der Waals surface area contributed by atoms with Crippen LogP contribution in [0, 0.1) is 13.8 Å². The number of nitrogens with one attached hydrogen (secondary N) is 1. The molecule has 0 radical (unpaired) electrons. The zero-order valence-corrected chi connectivity index (χ0v) is 17.9. The maximum Gasteiger partial charge on any atom is 0.273 e. The third kappa shape index (κ3) is 3.11. The second kappa shape index (κ2) is 7.48. The van der Waals surface area contributed by atoms with Crippen molar-refractivity contribution in [2.75, 3.05) is 6.54 Å². The van der Waals surface area contributed by atoms with Crippen LogP contribution in [0.25, 0.3) is 11.3 Å². The smallest absolute Gasteiger partial charge is 0.273 e. The van der Waals surface area contributed by atoms with Gasteiger partial charge in [-0.05, 0) is 48.1 Å². The van der Waals surface area contributed by atoms with Gasteiger partial charge in [0.1, 0.15) is 17.1 Å². The number of carbonyl (C=O) groups is 1. The highest BCUT2D eigenvalue weighted by atomic mass is 16.3. The molecule has 2 heterocycles. The third-order valence-electron chi connectivity index (χ3n) is 5.80. The van der Waals surface area contributed by atoms with E-state index in [4.69, 9.17) is 0 Å². The monoisotopic (exact) mass is 401 g/mol. The standard InChI is InChI=1S/C25H27N3O2/c1-6-11-28-24(18-9-7-17(8-10-18)14(2)3)21-22(26-27-23(21)25(28)30)20-16(5)12-15(4)13-19(20)29/h6-10,12-14,24,29H,1,11H2,2-5H3,(H,26,27). The lowest BCUT2D eigenvalue weighted by Gasteiger charge is -2.25. The highest BCUT2D eigenvalue weighted by molar-refractivity contribution is 6.00. The quantitative estimate of drug-likeness (QED) is 0.574. The molecule has 30 heavy (non-hydrogen) atoms. The molecule has 0 saturated heterocycles. The number of hydrogen-bond donors (Lipinski definition) is 2. The summed E-state index contributed by atoms with van der Waals surface area (Å²) in [5.74, 6) is 0.497.